The van der Waals surface area contributed by atoms with Gasteiger partial charge in [-0.1, -0.05) is 6.42 Å². The molecule has 1 amide bonds. The predicted molar refractivity (Wildman–Crippen MR) is 112 cm³/mol. The number of fused-ring (bicyclic) bond motifs is 2. The Balaban J connectivity index is 1.48. The minimum atomic E-state index is -4.45. The lowest BCUT2D eigenvalue weighted by Crippen LogP contribution is -2.44. The van der Waals surface area contributed by atoms with Gasteiger partial charge in [0.25, 0.3) is 0 Å². The van der Waals surface area contributed by atoms with Crippen molar-refractivity contribution in [3.63, 3.8) is 0 Å². The molecule has 0 spiro atoms. The molecule has 1 aliphatic carbocycles. The van der Waals surface area contributed by atoms with Crippen LogP contribution in [0.4, 0.5) is 29.3 Å². The molecule has 0 radical (unpaired) electrons. The van der Waals surface area contributed by atoms with E-state index in [2.05, 4.69) is 9.98 Å². The summed E-state index contributed by atoms with van der Waals surface area (Å²) in [5.41, 5.74) is 3.02. The van der Waals surface area contributed by atoms with Gasteiger partial charge in [0.2, 0.25) is 0 Å². The smallest absolute Gasteiger partial charge is 0.417 e. The maximum absolute atomic E-state index is 13.1. The number of carbonyl (C=O) groups excluding carboxylic acids is 1. The molecule has 4 heterocycles. The first kappa shape index (κ1) is 20.9. The highest BCUT2D eigenvalue weighted by molar-refractivity contribution is 6.02. The fourth-order valence-electron chi connectivity index (χ4n) is 4.82. The highest BCUT2D eigenvalue weighted by Gasteiger charge is 2.47. The number of nitrogens with zero attached hydrogens (tertiary/aromatic N) is 4. The molecule has 5 rings (SSSR count). The lowest BCUT2D eigenvalue weighted by molar-refractivity contribution is -0.137. The molecule has 0 bridgehead atoms. The van der Waals surface area contributed by atoms with Gasteiger partial charge < -0.3 is 4.74 Å². The average Bonchev–Trinajstić information content (AvgIpc) is 3.15. The Morgan fingerprint density at radius 1 is 1.22 bits per heavy atom. The van der Waals surface area contributed by atoms with Crippen LogP contribution in [0, 0.1) is 0 Å². The van der Waals surface area contributed by atoms with Crippen LogP contribution in [-0.4, -0.2) is 34.9 Å². The molecule has 0 N–H and O–H groups in total. The van der Waals surface area contributed by atoms with Gasteiger partial charge in [0.1, 0.15) is 0 Å². The van der Waals surface area contributed by atoms with Gasteiger partial charge in [-0.15, -0.1) is 0 Å². The Hall–Kier alpha value is -2.97. The van der Waals surface area contributed by atoms with Crippen molar-refractivity contribution in [3.8, 4) is 0 Å². The molecular weight excluding hydrogens is 421 g/mol. The van der Waals surface area contributed by atoms with Crippen LogP contribution in [0.3, 0.4) is 0 Å². The summed E-state index contributed by atoms with van der Waals surface area (Å²) in [4.78, 5) is 27.5. The number of aliphatic imine (C=N–C) groups is 1. The van der Waals surface area contributed by atoms with Crippen LogP contribution in [0.1, 0.15) is 55.3 Å². The van der Waals surface area contributed by atoms with Gasteiger partial charge >= 0.3 is 12.3 Å². The summed E-state index contributed by atoms with van der Waals surface area (Å²) in [6.07, 6.45) is 0.753. The third-order valence-electron chi connectivity index (χ3n) is 6.64. The van der Waals surface area contributed by atoms with E-state index in [9.17, 15) is 18.0 Å². The summed E-state index contributed by atoms with van der Waals surface area (Å²) < 4.78 is 44.4. The molecule has 0 aromatic carbocycles. The zero-order chi connectivity index (χ0) is 22.5. The second-order valence-corrected chi connectivity index (χ2v) is 8.47. The first-order valence-electron chi connectivity index (χ1n) is 10.9. The number of pyridine rings is 2. The summed E-state index contributed by atoms with van der Waals surface area (Å²) in [7, 11) is 0. The van der Waals surface area contributed by atoms with Gasteiger partial charge in [-0.3, -0.25) is 19.9 Å². The van der Waals surface area contributed by atoms with E-state index >= 15 is 0 Å². The largest absolute Gasteiger partial charge is 0.449 e. The molecule has 9 heteroatoms. The van der Waals surface area contributed by atoms with Crippen LogP contribution in [-0.2, 0) is 29.2 Å². The molecule has 1 fully saturated rings. The molecule has 3 aliphatic rings. The number of anilines is 1. The molecule has 2 aromatic heterocycles. The van der Waals surface area contributed by atoms with Gasteiger partial charge in [-0.2, -0.15) is 13.2 Å². The summed E-state index contributed by atoms with van der Waals surface area (Å²) in [5.74, 6) is 0. The lowest BCUT2D eigenvalue weighted by Gasteiger charge is -2.42. The van der Waals surface area contributed by atoms with Crippen molar-refractivity contribution in [1.82, 2.24) is 9.97 Å². The Bertz CT molecular complexity index is 1110. The fraction of sp³-hybridized carbons (Fsp3) is 0.478. The zero-order valence-corrected chi connectivity index (χ0v) is 17.7. The second kappa shape index (κ2) is 7.56. The Morgan fingerprint density at radius 3 is 2.72 bits per heavy atom. The van der Waals surface area contributed by atoms with E-state index in [0.717, 1.165) is 67.2 Å². The zero-order valence-electron chi connectivity index (χ0n) is 17.7. The van der Waals surface area contributed by atoms with Crippen molar-refractivity contribution in [1.29, 1.82) is 0 Å². The average molecular weight is 444 g/mol. The fourth-order valence-corrected chi connectivity index (χ4v) is 4.82. The van der Waals surface area contributed by atoms with Crippen molar-refractivity contribution in [2.24, 2.45) is 4.99 Å². The van der Waals surface area contributed by atoms with E-state index in [0.29, 0.717) is 31.0 Å². The predicted octanol–water partition coefficient (Wildman–Crippen LogP) is 5.16. The monoisotopic (exact) mass is 444 g/mol. The lowest BCUT2D eigenvalue weighted by atomic mass is 9.62. The number of rotatable bonds is 3. The van der Waals surface area contributed by atoms with E-state index in [1.54, 1.807) is 11.8 Å². The van der Waals surface area contributed by atoms with Gasteiger partial charge in [0.15, 0.2) is 0 Å². The quantitative estimate of drug-likeness (QED) is 0.656. The van der Waals surface area contributed by atoms with Crippen molar-refractivity contribution in [3.05, 3.63) is 47.0 Å². The minimum absolute atomic E-state index is 0.299. The Morgan fingerprint density at radius 2 is 2.03 bits per heavy atom. The van der Waals surface area contributed by atoms with Crippen LogP contribution in [0.5, 0.6) is 0 Å². The summed E-state index contributed by atoms with van der Waals surface area (Å²) in [5, 5.41) is 0. The molecule has 32 heavy (non-hydrogen) atoms. The number of hydrogen-bond donors (Lipinski definition) is 0. The standard InChI is InChI=1S/C23H23F3N4O2/c1-2-32-21(31)30-10-3-5-15-18(30)6-7-19(28-15)22(8-4-9-22)20-12-16-17(29-20)11-14(13-27-16)23(24,25)26/h6-7,11,13H,2-5,8-10,12H2,1H3. The number of halogens is 3. The number of ether oxygens (including phenoxy) is 1. The third-order valence-corrected chi connectivity index (χ3v) is 6.64. The summed E-state index contributed by atoms with van der Waals surface area (Å²) in [6.45, 7) is 2.67. The molecule has 2 aliphatic heterocycles. The van der Waals surface area contributed by atoms with E-state index < -0.39 is 11.7 Å². The SMILES string of the molecule is CCOC(=O)N1CCCc2nc(C3(C4=Nc5cc(C(F)(F)F)cnc5C4)CCC3)ccc21. The van der Waals surface area contributed by atoms with Crippen LogP contribution in [0.2, 0.25) is 0 Å². The maximum atomic E-state index is 13.1. The van der Waals surface area contributed by atoms with Crippen molar-refractivity contribution >= 4 is 23.2 Å². The molecule has 0 saturated heterocycles. The van der Waals surface area contributed by atoms with Gasteiger partial charge in [0.05, 0.1) is 46.0 Å². The number of carbonyl (C=O) groups is 1. The van der Waals surface area contributed by atoms with Crippen molar-refractivity contribution < 1.29 is 22.7 Å². The molecular formula is C23H23F3N4O2. The number of aryl methyl sites for hydroxylation is 1. The normalized spacial score (nSPS) is 19.0. The van der Waals surface area contributed by atoms with Crippen molar-refractivity contribution in [2.45, 2.75) is 57.0 Å². The van der Waals surface area contributed by atoms with Crippen LogP contribution in [0.25, 0.3) is 0 Å². The first-order chi connectivity index (χ1) is 15.3. The van der Waals surface area contributed by atoms with E-state index in [1.165, 1.54) is 0 Å². The van der Waals surface area contributed by atoms with Gasteiger partial charge in [-0.05, 0) is 50.8 Å². The maximum Gasteiger partial charge on any atom is 0.417 e. The topological polar surface area (TPSA) is 67.7 Å². The third kappa shape index (κ3) is 3.34. The molecule has 168 valence electrons. The van der Waals surface area contributed by atoms with Crippen LogP contribution in [0.15, 0.2) is 29.4 Å². The number of alkyl halides is 3. The van der Waals surface area contributed by atoms with Gasteiger partial charge in [-0.25, -0.2) is 4.79 Å². The Labute approximate surface area is 183 Å². The minimum Gasteiger partial charge on any atom is -0.449 e. The van der Waals surface area contributed by atoms with Crippen molar-refractivity contribution in [2.75, 3.05) is 18.1 Å². The molecule has 6 nitrogen and oxygen atoms in total. The number of aromatic nitrogens is 2. The molecule has 0 unspecified atom stereocenters. The highest BCUT2D eigenvalue weighted by Crippen LogP contribution is 2.48. The van der Waals surface area contributed by atoms with Gasteiger partial charge in [0, 0.05) is 24.9 Å². The summed E-state index contributed by atoms with van der Waals surface area (Å²) in [6, 6.07) is 4.92. The molecule has 0 atom stereocenters. The van der Waals surface area contributed by atoms with Crippen LogP contribution < -0.4 is 4.90 Å². The Kier molecular flexibility index (Phi) is 4.94. The van der Waals surface area contributed by atoms with E-state index in [-0.39, 0.29) is 11.5 Å². The first-order valence-corrected chi connectivity index (χ1v) is 10.9. The van der Waals surface area contributed by atoms with E-state index in [4.69, 9.17) is 9.72 Å². The number of amides is 1. The highest BCUT2D eigenvalue weighted by atomic mass is 19.4. The molecule has 1 saturated carbocycles. The molecule has 2 aromatic rings. The van der Waals surface area contributed by atoms with Crippen LogP contribution >= 0.6 is 0 Å². The van der Waals surface area contributed by atoms with E-state index in [1.807, 2.05) is 12.1 Å². The summed E-state index contributed by atoms with van der Waals surface area (Å²) >= 11 is 0. The number of hydrogen-bond acceptors (Lipinski definition) is 5. The second-order valence-electron chi connectivity index (χ2n) is 8.47.